The molecule has 0 aromatic heterocycles. The van der Waals surface area contributed by atoms with Gasteiger partial charge in [-0.15, -0.1) is 0 Å². The van der Waals surface area contributed by atoms with Crippen LogP contribution in [0.2, 0.25) is 0 Å². The summed E-state index contributed by atoms with van der Waals surface area (Å²) in [6.07, 6.45) is 0. The van der Waals surface area contributed by atoms with E-state index in [0.717, 1.165) is 11.3 Å². The van der Waals surface area contributed by atoms with E-state index in [0.29, 0.717) is 12.1 Å². The third kappa shape index (κ3) is 4.94. The Kier molecular flexibility index (Phi) is 5.77. The highest BCUT2D eigenvalue weighted by Gasteiger charge is 2.06. The molecule has 1 aromatic carbocycles. The maximum absolute atomic E-state index is 11.8. The van der Waals surface area contributed by atoms with Gasteiger partial charge in [0.1, 0.15) is 6.61 Å². The lowest BCUT2D eigenvalue weighted by atomic mass is 10.1. The van der Waals surface area contributed by atoms with Gasteiger partial charge in [-0.05, 0) is 30.7 Å². The summed E-state index contributed by atoms with van der Waals surface area (Å²) in [5.41, 5.74) is 9.61. The number of hydrogen-bond acceptors (Lipinski definition) is 5. The minimum atomic E-state index is -0.535. The SMILES string of the molecule is Cc1cc(C(=O)NCCOCC(N)=O)ccc1NN. The van der Waals surface area contributed by atoms with E-state index < -0.39 is 5.91 Å². The van der Waals surface area contributed by atoms with Crippen molar-refractivity contribution in [3.8, 4) is 0 Å². The molecule has 0 aliphatic heterocycles. The first-order chi connectivity index (χ1) is 9.04. The molecule has 0 aliphatic rings. The molecule has 0 saturated heterocycles. The Morgan fingerprint density at radius 3 is 2.68 bits per heavy atom. The van der Waals surface area contributed by atoms with E-state index in [1.54, 1.807) is 18.2 Å². The molecular weight excluding hydrogens is 248 g/mol. The number of primary amides is 1. The van der Waals surface area contributed by atoms with Crippen LogP contribution in [-0.4, -0.2) is 31.6 Å². The van der Waals surface area contributed by atoms with E-state index >= 15 is 0 Å². The molecule has 19 heavy (non-hydrogen) atoms. The van der Waals surface area contributed by atoms with Gasteiger partial charge in [-0.2, -0.15) is 0 Å². The first kappa shape index (κ1) is 14.9. The summed E-state index contributed by atoms with van der Waals surface area (Å²) in [6, 6.07) is 5.13. The second-order valence-corrected chi connectivity index (χ2v) is 3.95. The van der Waals surface area contributed by atoms with Gasteiger partial charge in [-0.3, -0.25) is 15.4 Å². The van der Waals surface area contributed by atoms with E-state index in [9.17, 15) is 9.59 Å². The van der Waals surface area contributed by atoms with Crippen molar-refractivity contribution in [2.45, 2.75) is 6.92 Å². The Morgan fingerprint density at radius 1 is 1.37 bits per heavy atom. The van der Waals surface area contributed by atoms with Crippen LogP contribution in [0.1, 0.15) is 15.9 Å². The van der Waals surface area contributed by atoms with E-state index in [-0.39, 0.29) is 19.1 Å². The predicted molar refractivity (Wildman–Crippen MR) is 71.3 cm³/mol. The molecule has 0 spiro atoms. The summed E-state index contributed by atoms with van der Waals surface area (Å²) in [7, 11) is 0. The molecule has 7 nitrogen and oxygen atoms in total. The van der Waals surface area contributed by atoms with Gasteiger partial charge in [0.05, 0.1) is 12.3 Å². The molecule has 0 bridgehead atoms. The van der Waals surface area contributed by atoms with Crippen molar-refractivity contribution in [1.82, 2.24) is 5.32 Å². The molecule has 0 fully saturated rings. The first-order valence-electron chi connectivity index (χ1n) is 5.76. The Bertz CT molecular complexity index is 462. The van der Waals surface area contributed by atoms with Gasteiger partial charge in [0.15, 0.2) is 0 Å². The number of anilines is 1. The highest BCUT2D eigenvalue weighted by atomic mass is 16.5. The first-order valence-corrected chi connectivity index (χ1v) is 5.76. The lowest BCUT2D eigenvalue weighted by Crippen LogP contribution is -2.28. The van der Waals surface area contributed by atoms with E-state index in [2.05, 4.69) is 10.7 Å². The molecule has 0 aliphatic carbocycles. The normalized spacial score (nSPS) is 10.0. The van der Waals surface area contributed by atoms with E-state index in [4.69, 9.17) is 16.3 Å². The van der Waals surface area contributed by atoms with Gasteiger partial charge in [0, 0.05) is 12.1 Å². The van der Waals surface area contributed by atoms with Gasteiger partial charge in [0.2, 0.25) is 5.91 Å². The van der Waals surface area contributed by atoms with Crippen molar-refractivity contribution in [2.75, 3.05) is 25.2 Å². The average molecular weight is 266 g/mol. The molecule has 6 N–H and O–H groups in total. The molecule has 7 heteroatoms. The number of amides is 2. The van der Waals surface area contributed by atoms with Crippen LogP contribution >= 0.6 is 0 Å². The van der Waals surface area contributed by atoms with E-state index in [1.807, 2.05) is 6.92 Å². The van der Waals surface area contributed by atoms with Gasteiger partial charge in [-0.1, -0.05) is 0 Å². The second kappa shape index (κ2) is 7.34. The standard InChI is InChI=1S/C12H18N4O3/c1-8-6-9(2-3-10(8)16-14)12(18)15-4-5-19-7-11(13)17/h2-3,6,16H,4-5,7,14H2,1H3,(H2,13,17)(H,15,18). The Hall–Kier alpha value is -2.12. The van der Waals surface area contributed by atoms with Crippen molar-refractivity contribution in [3.05, 3.63) is 29.3 Å². The smallest absolute Gasteiger partial charge is 0.251 e. The van der Waals surface area contributed by atoms with Gasteiger partial charge in [-0.25, -0.2) is 0 Å². The van der Waals surface area contributed by atoms with Crippen LogP contribution in [0.5, 0.6) is 0 Å². The van der Waals surface area contributed by atoms with Crippen LogP contribution < -0.4 is 22.3 Å². The molecule has 0 atom stereocenters. The fraction of sp³-hybridized carbons (Fsp3) is 0.333. The summed E-state index contributed by atoms with van der Waals surface area (Å²) in [6.45, 7) is 2.24. The Balaban J connectivity index is 2.41. The van der Waals surface area contributed by atoms with Gasteiger partial charge >= 0.3 is 0 Å². The lowest BCUT2D eigenvalue weighted by molar-refractivity contribution is -0.122. The number of hydrogen-bond donors (Lipinski definition) is 4. The Morgan fingerprint density at radius 2 is 2.11 bits per heavy atom. The monoisotopic (exact) mass is 266 g/mol. The van der Waals surface area contributed by atoms with Crippen LogP contribution in [0.15, 0.2) is 18.2 Å². The minimum absolute atomic E-state index is 0.147. The molecule has 0 radical (unpaired) electrons. The number of hydrazine groups is 1. The number of nitrogens with one attached hydrogen (secondary N) is 2. The third-order valence-electron chi connectivity index (χ3n) is 2.42. The number of nitrogens with two attached hydrogens (primary N) is 2. The van der Waals surface area contributed by atoms with Crippen LogP contribution in [0.3, 0.4) is 0 Å². The number of aryl methyl sites for hydroxylation is 1. The summed E-state index contributed by atoms with van der Waals surface area (Å²) < 4.78 is 4.93. The van der Waals surface area contributed by atoms with Crippen LogP contribution in [0, 0.1) is 6.92 Å². The topological polar surface area (TPSA) is 119 Å². The highest BCUT2D eigenvalue weighted by Crippen LogP contribution is 2.14. The van der Waals surface area contributed by atoms with Crippen molar-refractivity contribution >= 4 is 17.5 Å². The van der Waals surface area contributed by atoms with Crippen molar-refractivity contribution < 1.29 is 14.3 Å². The largest absolute Gasteiger partial charge is 0.370 e. The van der Waals surface area contributed by atoms with Crippen molar-refractivity contribution in [2.24, 2.45) is 11.6 Å². The summed E-state index contributed by atoms with van der Waals surface area (Å²) in [4.78, 5) is 22.2. The highest BCUT2D eigenvalue weighted by molar-refractivity contribution is 5.94. The van der Waals surface area contributed by atoms with Gasteiger partial charge in [0.25, 0.3) is 5.91 Å². The number of ether oxygens (including phenoxy) is 1. The summed E-state index contributed by atoms with van der Waals surface area (Å²) in [5.74, 6) is 4.56. The van der Waals surface area contributed by atoms with E-state index in [1.165, 1.54) is 0 Å². The molecule has 1 aromatic rings. The third-order valence-corrected chi connectivity index (χ3v) is 2.42. The molecule has 1 rings (SSSR count). The predicted octanol–water partition coefficient (Wildman–Crippen LogP) is -0.488. The Labute approximate surface area is 111 Å². The number of nitrogen functional groups attached to an aromatic ring is 1. The van der Waals surface area contributed by atoms with Gasteiger partial charge < -0.3 is 21.2 Å². The average Bonchev–Trinajstić information content (AvgIpc) is 2.37. The second-order valence-electron chi connectivity index (χ2n) is 3.95. The molecule has 104 valence electrons. The maximum atomic E-state index is 11.8. The fourth-order valence-electron chi connectivity index (χ4n) is 1.48. The molecule has 0 saturated carbocycles. The molecule has 2 amide bonds. The quantitative estimate of drug-likeness (QED) is 0.302. The summed E-state index contributed by atoms with van der Waals surface area (Å²) in [5, 5.41) is 2.67. The minimum Gasteiger partial charge on any atom is -0.370 e. The zero-order valence-corrected chi connectivity index (χ0v) is 10.7. The zero-order valence-electron chi connectivity index (χ0n) is 10.7. The molecular formula is C12H18N4O3. The number of benzene rings is 1. The number of rotatable bonds is 7. The molecule has 0 heterocycles. The summed E-state index contributed by atoms with van der Waals surface area (Å²) >= 11 is 0. The van der Waals surface area contributed by atoms with Crippen LogP contribution in [-0.2, 0) is 9.53 Å². The van der Waals surface area contributed by atoms with Crippen molar-refractivity contribution in [1.29, 1.82) is 0 Å². The number of carbonyl (C=O) groups is 2. The van der Waals surface area contributed by atoms with Crippen LogP contribution in [0.25, 0.3) is 0 Å². The van der Waals surface area contributed by atoms with Crippen molar-refractivity contribution in [3.63, 3.8) is 0 Å². The lowest BCUT2D eigenvalue weighted by Gasteiger charge is -2.08. The zero-order chi connectivity index (χ0) is 14.3. The number of carbonyl (C=O) groups excluding carboxylic acids is 2. The maximum Gasteiger partial charge on any atom is 0.251 e. The van der Waals surface area contributed by atoms with Crippen LogP contribution in [0.4, 0.5) is 5.69 Å². The molecule has 0 unspecified atom stereocenters. The fourth-order valence-corrected chi connectivity index (χ4v) is 1.48.